The van der Waals surface area contributed by atoms with Crippen molar-refractivity contribution >= 4 is 17.7 Å². The van der Waals surface area contributed by atoms with Gasteiger partial charge in [-0.25, -0.2) is 4.98 Å². The molecule has 1 aromatic heterocycles. The molecule has 0 aliphatic carbocycles. The maximum absolute atomic E-state index is 10.6. The van der Waals surface area contributed by atoms with Gasteiger partial charge in [0, 0.05) is 11.9 Å². The molecule has 0 amide bonds. The standard InChI is InChI=1S/C10H13NO3S/c1-7(10(12)13)6-15-9-8(14-2)4-3-5-11-9/h3-5,7H,6H2,1-2H3,(H,12,13). The third kappa shape index (κ3) is 3.43. The van der Waals surface area contributed by atoms with Crippen LogP contribution in [0, 0.1) is 5.92 Å². The molecule has 0 bridgehead atoms. The van der Waals surface area contributed by atoms with Gasteiger partial charge in [0.05, 0.1) is 13.0 Å². The number of nitrogens with zero attached hydrogens (tertiary/aromatic N) is 1. The van der Waals surface area contributed by atoms with Crippen LogP contribution in [0.1, 0.15) is 6.92 Å². The van der Waals surface area contributed by atoms with Crippen LogP contribution in [-0.2, 0) is 4.79 Å². The number of hydrogen-bond donors (Lipinski definition) is 1. The van der Waals surface area contributed by atoms with Crippen LogP contribution in [0.3, 0.4) is 0 Å². The van der Waals surface area contributed by atoms with Crippen molar-refractivity contribution in [2.75, 3.05) is 12.9 Å². The Hall–Kier alpha value is -1.23. The Morgan fingerprint density at radius 3 is 3.07 bits per heavy atom. The highest BCUT2D eigenvalue weighted by atomic mass is 32.2. The van der Waals surface area contributed by atoms with E-state index >= 15 is 0 Å². The predicted molar refractivity (Wildman–Crippen MR) is 58.3 cm³/mol. The second kappa shape index (κ2) is 5.60. The zero-order valence-corrected chi connectivity index (χ0v) is 9.45. The first-order valence-corrected chi connectivity index (χ1v) is 5.48. The Bertz CT molecular complexity index is 343. The van der Waals surface area contributed by atoms with E-state index in [-0.39, 0.29) is 5.92 Å². The van der Waals surface area contributed by atoms with E-state index < -0.39 is 5.97 Å². The Labute approximate surface area is 92.7 Å². The van der Waals surface area contributed by atoms with Crippen molar-refractivity contribution in [1.82, 2.24) is 4.98 Å². The molecule has 0 radical (unpaired) electrons. The number of carboxylic acids is 1. The molecule has 1 N–H and O–H groups in total. The van der Waals surface area contributed by atoms with E-state index in [0.717, 1.165) is 5.03 Å². The highest BCUT2D eigenvalue weighted by Crippen LogP contribution is 2.27. The minimum Gasteiger partial charge on any atom is -0.494 e. The number of methoxy groups -OCH3 is 1. The minimum atomic E-state index is -0.794. The number of thioether (sulfide) groups is 1. The second-order valence-electron chi connectivity index (χ2n) is 3.06. The summed E-state index contributed by atoms with van der Waals surface area (Å²) in [6, 6.07) is 3.59. The topological polar surface area (TPSA) is 59.4 Å². The first-order valence-electron chi connectivity index (χ1n) is 4.49. The molecule has 4 nitrogen and oxygen atoms in total. The lowest BCUT2D eigenvalue weighted by Crippen LogP contribution is -2.11. The van der Waals surface area contributed by atoms with Gasteiger partial charge in [-0.15, -0.1) is 11.8 Å². The fraction of sp³-hybridized carbons (Fsp3) is 0.400. The molecule has 0 saturated carbocycles. The Kier molecular flexibility index (Phi) is 4.42. The van der Waals surface area contributed by atoms with Gasteiger partial charge < -0.3 is 9.84 Å². The van der Waals surface area contributed by atoms with E-state index in [1.165, 1.54) is 11.8 Å². The highest BCUT2D eigenvalue weighted by molar-refractivity contribution is 7.99. The Morgan fingerprint density at radius 2 is 2.47 bits per heavy atom. The lowest BCUT2D eigenvalue weighted by atomic mass is 10.2. The molecule has 0 aliphatic rings. The summed E-state index contributed by atoms with van der Waals surface area (Å²) in [6.07, 6.45) is 1.66. The lowest BCUT2D eigenvalue weighted by molar-refractivity contribution is -0.140. The molecule has 0 aliphatic heterocycles. The van der Waals surface area contributed by atoms with E-state index in [1.54, 1.807) is 32.4 Å². The number of carboxylic acid groups (broad SMARTS) is 1. The fourth-order valence-corrected chi connectivity index (χ4v) is 1.89. The number of rotatable bonds is 5. The van der Waals surface area contributed by atoms with Crippen molar-refractivity contribution in [2.24, 2.45) is 5.92 Å². The van der Waals surface area contributed by atoms with Crippen molar-refractivity contribution in [3.05, 3.63) is 18.3 Å². The Morgan fingerprint density at radius 1 is 1.73 bits per heavy atom. The molecule has 1 heterocycles. The molecule has 0 fully saturated rings. The quantitative estimate of drug-likeness (QED) is 0.778. The SMILES string of the molecule is COc1cccnc1SCC(C)C(=O)O. The maximum atomic E-state index is 10.6. The highest BCUT2D eigenvalue weighted by Gasteiger charge is 2.13. The number of hydrogen-bond acceptors (Lipinski definition) is 4. The van der Waals surface area contributed by atoms with Gasteiger partial charge >= 0.3 is 5.97 Å². The van der Waals surface area contributed by atoms with Crippen LogP contribution in [0.15, 0.2) is 23.4 Å². The zero-order valence-electron chi connectivity index (χ0n) is 8.64. The van der Waals surface area contributed by atoms with Crippen molar-refractivity contribution in [3.63, 3.8) is 0 Å². The van der Waals surface area contributed by atoms with Gasteiger partial charge in [0.15, 0.2) is 5.75 Å². The predicted octanol–water partition coefficient (Wildman–Crippen LogP) is 1.90. The van der Waals surface area contributed by atoms with Crippen LogP contribution >= 0.6 is 11.8 Å². The van der Waals surface area contributed by atoms with Gasteiger partial charge in [0.1, 0.15) is 5.03 Å². The lowest BCUT2D eigenvalue weighted by Gasteiger charge is -2.08. The zero-order chi connectivity index (χ0) is 11.3. The van der Waals surface area contributed by atoms with Crippen molar-refractivity contribution < 1.29 is 14.6 Å². The molecule has 1 rings (SSSR count). The van der Waals surface area contributed by atoms with Crippen LogP contribution in [-0.4, -0.2) is 28.9 Å². The molecule has 0 aromatic carbocycles. The summed E-state index contributed by atoms with van der Waals surface area (Å²) < 4.78 is 5.11. The van der Waals surface area contributed by atoms with E-state index in [0.29, 0.717) is 11.5 Å². The van der Waals surface area contributed by atoms with Gasteiger partial charge in [0.2, 0.25) is 0 Å². The summed E-state index contributed by atoms with van der Waals surface area (Å²) in [5.41, 5.74) is 0. The van der Waals surface area contributed by atoms with Crippen molar-refractivity contribution in [2.45, 2.75) is 11.9 Å². The smallest absolute Gasteiger partial charge is 0.307 e. The van der Waals surface area contributed by atoms with E-state index in [1.807, 2.05) is 0 Å². The molecule has 1 atom stereocenters. The molecular formula is C10H13NO3S. The van der Waals surface area contributed by atoms with Gasteiger partial charge in [-0.2, -0.15) is 0 Å². The molecule has 1 aromatic rings. The molecular weight excluding hydrogens is 214 g/mol. The molecule has 82 valence electrons. The maximum Gasteiger partial charge on any atom is 0.307 e. The van der Waals surface area contributed by atoms with Gasteiger partial charge in [-0.05, 0) is 12.1 Å². The van der Waals surface area contributed by atoms with Crippen LogP contribution in [0.2, 0.25) is 0 Å². The molecule has 15 heavy (non-hydrogen) atoms. The summed E-state index contributed by atoms with van der Waals surface area (Å²) >= 11 is 1.39. The number of aliphatic carboxylic acids is 1. The first kappa shape index (κ1) is 11.8. The summed E-state index contributed by atoms with van der Waals surface area (Å²) in [5, 5.41) is 9.45. The Balaban J connectivity index is 2.60. The number of pyridine rings is 1. The number of ether oxygens (including phenoxy) is 1. The third-order valence-corrected chi connectivity index (χ3v) is 3.09. The van der Waals surface area contributed by atoms with Crippen molar-refractivity contribution in [3.8, 4) is 5.75 Å². The normalized spacial score (nSPS) is 12.1. The van der Waals surface area contributed by atoms with Crippen molar-refractivity contribution in [1.29, 1.82) is 0 Å². The average molecular weight is 227 g/mol. The minimum absolute atomic E-state index is 0.387. The number of aromatic nitrogens is 1. The summed E-state index contributed by atoms with van der Waals surface area (Å²) in [4.78, 5) is 14.7. The van der Waals surface area contributed by atoms with Crippen LogP contribution in [0.5, 0.6) is 5.75 Å². The molecule has 0 spiro atoms. The summed E-state index contributed by atoms with van der Waals surface area (Å²) in [5.74, 6) is -0.0119. The van der Waals surface area contributed by atoms with Gasteiger partial charge in [-0.1, -0.05) is 6.92 Å². The van der Waals surface area contributed by atoms with Gasteiger partial charge in [-0.3, -0.25) is 4.79 Å². The second-order valence-corrected chi connectivity index (χ2v) is 4.07. The number of carbonyl (C=O) groups is 1. The van der Waals surface area contributed by atoms with Crippen LogP contribution in [0.4, 0.5) is 0 Å². The fourth-order valence-electron chi connectivity index (χ4n) is 0.915. The third-order valence-electron chi connectivity index (χ3n) is 1.85. The van der Waals surface area contributed by atoms with Crippen LogP contribution < -0.4 is 4.74 Å². The van der Waals surface area contributed by atoms with Crippen LogP contribution in [0.25, 0.3) is 0 Å². The monoisotopic (exact) mass is 227 g/mol. The largest absolute Gasteiger partial charge is 0.494 e. The van der Waals surface area contributed by atoms with E-state index in [9.17, 15) is 4.79 Å². The molecule has 5 heteroatoms. The molecule has 1 unspecified atom stereocenters. The summed E-state index contributed by atoms with van der Waals surface area (Å²) in [7, 11) is 1.57. The van der Waals surface area contributed by atoms with Gasteiger partial charge in [0.25, 0.3) is 0 Å². The summed E-state index contributed by atoms with van der Waals surface area (Å²) in [6.45, 7) is 1.67. The van der Waals surface area contributed by atoms with E-state index in [4.69, 9.17) is 9.84 Å². The molecule has 0 saturated heterocycles. The average Bonchev–Trinajstić information content (AvgIpc) is 2.26. The van der Waals surface area contributed by atoms with E-state index in [2.05, 4.69) is 4.98 Å². The first-order chi connectivity index (χ1) is 7.15.